The molecule has 0 aliphatic rings. The van der Waals surface area contributed by atoms with E-state index in [1.165, 1.54) is 17.4 Å². The zero-order chi connectivity index (χ0) is 8.27. The Labute approximate surface area is 74.3 Å². The van der Waals surface area contributed by atoms with Crippen molar-refractivity contribution in [2.75, 3.05) is 0 Å². The molecular weight excluding hydrogens is 180 g/mol. The number of rotatable bonds is 3. The largest absolute Gasteiger partial charge is 0.294 e. The van der Waals surface area contributed by atoms with E-state index in [0.717, 1.165) is 9.21 Å². The second-order valence-electron chi connectivity index (χ2n) is 2.05. The Hall–Kier alpha value is -0.600. The fourth-order valence-electron chi connectivity index (χ4n) is 0.691. The molecule has 1 aromatic rings. The van der Waals surface area contributed by atoms with Crippen molar-refractivity contribution in [3.63, 3.8) is 0 Å². The lowest BCUT2D eigenvalue weighted by atomic mass is 10.2. The van der Waals surface area contributed by atoms with Gasteiger partial charge in [-0.1, -0.05) is 18.2 Å². The first-order valence-corrected chi connectivity index (χ1v) is 4.31. The summed E-state index contributed by atoms with van der Waals surface area (Å²) in [6.45, 7) is 3.39. The van der Waals surface area contributed by atoms with Crippen molar-refractivity contribution in [2.45, 2.75) is 6.42 Å². The molecule has 0 spiro atoms. The van der Waals surface area contributed by atoms with Crippen molar-refractivity contribution in [2.24, 2.45) is 0 Å². The molecule has 0 bridgehead atoms. The van der Waals surface area contributed by atoms with Crippen LogP contribution < -0.4 is 0 Å². The van der Waals surface area contributed by atoms with E-state index in [0.29, 0.717) is 6.42 Å². The summed E-state index contributed by atoms with van der Waals surface area (Å²) >= 11 is 7.10. The number of ketones is 1. The Balaban J connectivity index is 2.64. The van der Waals surface area contributed by atoms with Crippen LogP contribution in [0.15, 0.2) is 24.8 Å². The summed E-state index contributed by atoms with van der Waals surface area (Å²) in [5.74, 6) is 0.0310. The van der Waals surface area contributed by atoms with Crippen molar-refractivity contribution >= 4 is 28.7 Å². The highest BCUT2D eigenvalue weighted by Crippen LogP contribution is 2.21. The summed E-state index contributed by atoms with van der Waals surface area (Å²) in [5, 5.41) is 0. The highest BCUT2D eigenvalue weighted by molar-refractivity contribution is 7.16. The molecule has 3 heteroatoms. The molecule has 58 valence electrons. The molecule has 1 rings (SSSR count). The van der Waals surface area contributed by atoms with Gasteiger partial charge in [0.2, 0.25) is 0 Å². The monoisotopic (exact) mass is 186 g/mol. The Morgan fingerprint density at radius 2 is 2.45 bits per heavy atom. The second-order valence-corrected chi connectivity index (χ2v) is 3.85. The Bertz CT molecular complexity index is 277. The van der Waals surface area contributed by atoms with E-state index in [1.807, 2.05) is 6.07 Å². The third kappa shape index (κ3) is 2.48. The normalized spacial score (nSPS) is 9.55. The molecule has 0 N–H and O–H groups in total. The topological polar surface area (TPSA) is 17.1 Å². The molecule has 0 fully saturated rings. The van der Waals surface area contributed by atoms with E-state index in [-0.39, 0.29) is 5.78 Å². The van der Waals surface area contributed by atoms with Gasteiger partial charge in [0.05, 0.1) is 4.34 Å². The van der Waals surface area contributed by atoms with Gasteiger partial charge in [-0.25, -0.2) is 0 Å². The fraction of sp³-hybridized carbons (Fsp3) is 0.125. The molecule has 0 saturated heterocycles. The third-order valence-corrected chi connectivity index (χ3v) is 2.44. The molecule has 1 nitrogen and oxygen atoms in total. The van der Waals surface area contributed by atoms with Gasteiger partial charge in [-0.3, -0.25) is 4.79 Å². The first-order chi connectivity index (χ1) is 5.22. The Morgan fingerprint density at radius 3 is 2.91 bits per heavy atom. The van der Waals surface area contributed by atoms with Crippen molar-refractivity contribution in [3.8, 4) is 0 Å². The van der Waals surface area contributed by atoms with E-state index in [1.54, 1.807) is 6.07 Å². The van der Waals surface area contributed by atoms with E-state index in [2.05, 4.69) is 6.58 Å². The van der Waals surface area contributed by atoms with Gasteiger partial charge in [0.1, 0.15) is 0 Å². The van der Waals surface area contributed by atoms with Crippen LogP contribution in [0.25, 0.3) is 0 Å². The minimum absolute atomic E-state index is 0.0310. The lowest BCUT2D eigenvalue weighted by Crippen LogP contribution is -1.94. The number of hydrogen-bond donors (Lipinski definition) is 0. The average Bonchev–Trinajstić information content (AvgIpc) is 2.35. The molecule has 0 aromatic carbocycles. The van der Waals surface area contributed by atoms with Crippen LogP contribution >= 0.6 is 22.9 Å². The van der Waals surface area contributed by atoms with Crippen LogP contribution in [0.4, 0.5) is 0 Å². The maximum absolute atomic E-state index is 10.8. The molecule has 0 atom stereocenters. The van der Waals surface area contributed by atoms with Gasteiger partial charge in [0.25, 0.3) is 0 Å². The van der Waals surface area contributed by atoms with E-state index >= 15 is 0 Å². The standard InChI is InChI=1S/C8H7ClOS/c1-2-6(10)5-7-3-4-8(9)11-7/h2-4H,1,5H2. The number of thiophene rings is 1. The van der Waals surface area contributed by atoms with Gasteiger partial charge in [-0.15, -0.1) is 11.3 Å². The fourth-order valence-corrected chi connectivity index (χ4v) is 1.79. The van der Waals surface area contributed by atoms with Crippen molar-refractivity contribution in [1.82, 2.24) is 0 Å². The molecule has 1 aromatic heterocycles. The van der Waals surface area contributed by atoms with Crippen molar-refractivity contribution in [3.05, 3.63) is 34.0 Å². The van der Waals surface area contributed by atoms with Crippen LogP contribution in [-0.2, 0) is 11.2 Å². The maximum Gasteiger partial charge on any atom is 0.160 e. The number of hydrogen-bond acceptors (Lipinski definition) is 2. The van der Waals surface area contributed by atoms with E-state index < -0.39 is 0 Å². The van der Waals surface area contributed by atoms with Crippen LogP contribution in [0.1, 0.15) is 4.88 Å². The maximum atomic E-state index is 10.8. The molecule has 0 saturated carbocycles. The molecule has 0 aliphatic heterocycles. The zero-order valence-corrected chi connectivity index (χ0v) is 7.41. The van der Waals surface area contributed by atoms with Gasteiger partial charge in [-0.2, -0.15) is 0 Å². The molecule has 0 aliphatic carbocycles. The highest BCUT2D eigenvalue weighted by atomic mass is 35.5. The summed E-state index contributed by atoms with van der Waals surface area (Å²) in [4.78, 5) is 11.8. The SMILES string of the molecule is C=CC(=O)Cc1ccc(Cl)s1. The van der Waals surface area contributed by atoms with Gasteiger partial charge in [0.15, 0.2) is 5.78 Å². The molecule has 0 amide bonds. The number of allylic oxidation sites excluding steroid dienone is 1. The van der Waals surface area contributed by atoms with Crippen LogP contribution in [0.3, 0.4) is 0 Å². The van der Waals surface area contributed by atoms with Crippen molar-refractivity contribution in [1.29, 1.82) is 0 Å². The molecule has 0 unspecified atom stereocenters. The van der Waals surface area contributed by atoms with E-state index in [9.17, 15) is 4.79 Å². The highest BCUT2D eigenvalue weighted by Gasteiger charge is 2.01. The molecule has 1 heterocycles. The van der Waals surface area contributed by atoms with Gasteiger partial charge in [0, 0.05) is 11.3 Å². The Kier molecular flexibility index (Phi) is 2.85. The van der Waals surface area contributed by atoms with Gasteiger partial charge in [-0.05, 0) is 18.2 Å². The number of carbonyl (C=O) groups excluding carboxylic acids is 1. The Morgan fingerprint density at radius 1 is 1.73 bits per heavy atom. The number of carbonyl (C=O) groups is 1. The first-order valence-electron chi connectivity index (χ1n) is 3.12. The minimum Gasteiger partial charge on any atom is -0.294 e. The summed E-state index contributed by atoms with van der Waals surface area (Å²) in [6.07, 6.45) is 1.74. The van der Waals surface area contributed by atoms with Gasteiger partial charge >= 0.3 is 0 Å². The predicted octanol–water partition coefficient (Wildman–Crippen LogP) is 2.70. The average molecular weight is 187 g/mol. The molecule has 11 heavy (non-hydrogen) atoms. The zero-order valence-electron chi connectivity index (χ0n) is 5.84. The quantitative estimate of drug-likeness (QED) is 0.664. The summed E-state index contributed by atoms with van der Waals surface area (Å²) in [7, 11) is 0. The molecular formula is C8H7ClOS. The predicted molar refractivity (Wildman–Crippen MR) is 48.2 cm³/mol. The summed E-state index contributed by atoms with van der Waals surface area (Å²) < 4.78 is 0.719. The third-order valence-electron chi connectivity index (χ3n) is 1.20. The second kappa shape index (κ2) is 3.69. The van der Waals surface area contributed by atoms with Crippen LogP contribution in [0.5, 0.6) is 0 Å². The van der Waals surface area contributed by atoms with E-state index in [4.69, 9.17) is 11.6 Å². The number of halogens is 1. The van der Waals surface area contributed by atoms with Crippen LogP contribution in [0.2, 0.25) is 4.34 Å². The minimum atomic E-state index is 0.0310. The lowest BCUT2D eigenvalue weighted by Gasteiger charge is -1.88. The first kappa shape index (κ1) is 8.50. The molecule has 0 radical (unpaired) electrons. The lowest BCUT2D eigenvalue weighted by molar-refractivity contribution is -0.113. The van der Waals surface area contributed by atoms with Crippen LogP contribution in [-0.4, -0.2) is 5.78 Å². The summed E-state index contributed by atoms with van der Waals surface area (Å²) in [5.41, 5.74) is 0. The van der Waals surface area contributed by atoms with Crippen molar-refractivity contribution < 1.29 is 4.79 Å². The van der Waals surface area contributed by atoms with Gasteiger partial charge < -0.3 is 0 Å². The smallest absolute Gasteiger partial charge is 0.160 e. The van der Waals surface area contributed by atoms with Crippen LogP contribution in [0, 0.1) is 0 Å². The summed E-state index contributed by atoms with van der Waals surface area (Å²) in [6, 6.07) is 3.65.